The topological polar surface area (TPSA) is 75.3 Å². The van der Waals surface area contributed by atoms with Gasteiger partial charge in [-0.15, -0.1) is 0 Å². The van der Waals surface area contributed by atoms with Gasteiger partial charge in [0.25, 0.3) is 0 Å². The van der Waals surface area contributed by atoms with Gasteiger partial charge in [0.05, 0.1) is 31.3 Å². The van der Waals surface area contributed by atoms with Crippen molar-refractivity contribution in [2.24, 2.45) is 4.99 Å². The van der Waals surface area contributed by atoms with Gasteiger partial charge in [0.2, 0.25) is 0 Å². The second-order valence-corrected chi connectivity index (χ2v) is 7.61. The third-order valence-corrected chi connectivity index (χ3v) is 5.72. The van der Waals surface area contributed by atoms with Crippen molar-refractivity contribution in [1.29, 1.82) is 0 Å². The average molecular weight is 398 g/mol. The highest BCUT2D eigenvalue weighted by atomic mass is 16.5. The Hall–Kier alpha value is -2.67. The van der Waals surface area contributed by atoms with Gasteiger partial charge in [-0.3, -0.25) is 4.90 Å². The lowest BCUT2D eigenvalue weighted by Crippen LogP contribution is -2.46. The number of likely N-dealkylation sites (tertiary alicyclic amines) is 1. The lowest BCUT2D eigenvalue weighted by Gasteiger charge is -2.38. The van der Waals surface area contributed by atoms with Gasteiger partial charge < -0.3 is 25.4 Å². The molecule has 1 aromatic rings. The number of hydrogen-bond donors (Lipinski definition) is 2. The van der Waals surface area contributed by atoms with Crippen molar-refractivity contribution >= 4 is 12.0 Å². The molecule has 0 amide bonds. The molecule has 0 bridgehead atoms. The van der Waals surface area contributed by atoms with Gasteiger partial charge >= 0.3 is 0 Å². The average Bonchev–Trinajstić information content (AvgIpc) is 3.16. The zero-order valence-corrected chi connectivity index (χ0v) is 17.3. The fraction of sp³-hybridized carbons (Fsp3) is 0.500. The van der Waals surface area contributed by atoms with Crippen LogP contribution >= 0.6 is 0 Å². The van der Waals surface area contributed by atoms with Crippen LogP contribution in [0.15, 0.2) is 41.3 Å². The molecule has 1 atom stereocenters. The van der Waals surface area contributed by atoms with Crippen LogP contribution in [0.4, 0.5) is 5.69 Å². The summed E-state index contributed by atoms with van der Waals surface area (Å²) in [7, 11) is 0. The molecule has 1 aromatic carbocycles. The first-order valence-electron chi connectivity index (χ1n) is 10.5. The molecule has 0 aromatic heterocycles. The monoisotopic (exact) mass is 397 g/mol. The molecule has 3 aliphatic heterocycles. The number of anilines is 1. The van der Waals surface area contributed by atoms with Crippen LogP contribution in [0.2, 0.25) is 0 Å². The Labute approximate surface area is 172 Å². The molecule has 1 unspecified atom stereocenters. The number of rotatable bonds is 7. The molecular weight excluding hydrogens is 366 g/mol. The second-order valence-electron chi connectivity index (χ2n) is 7.61. The molecule has 0 aliphatic carbocycles. The zero-order valence-electron chi connectivity index (χ0n) is 17.3. The number of hydrogen-bond acceptors (Lipinski definition) is 7. The maximum Gasteiger partial charge on any atom is 0.146 e. The predicted molar refractivity (Wildman–Crippen MR) is 116 cm³/mol. The van der Waals surface area contributed by atoms with Crippen LogP contribution in [0.3, 0.4) is 0 Å². The molecule has 7 nitrogen and oxygen atoms in total. The Morgan fingerprint density at radius 3 is 2.48 bits per heavy atom. The molecule has 3 heterocycles. The van der Waals surface area contributed by atoms with Crippen molar-refractivity contribution < 1.29 is 9.47 Å². The van der Waals surface area contributed by atoms with E-state index in [9.17, 15) is 0 Å². The summed E-state index contributed by atoms with van der Waals surface area (Å²) in [6.07, 6.45) is 10.4. The standard InChI is InChI=1S/C22H31N5O2/c1-3-28-20-11-16(12-21(22(20)23)29-4-2)14-26-9-6-17(7-10-26)27-15-25-18-13-24-8-5-19(18)27/h5,8,11-13,15,17,19,24H,3-4,6-7,9-10,14,23H2,1-2H3. The van der Waals surface area contributed by atoms with Crippen molar-refractivity contribution in [3.05, 3.63) is 41.9 Å². The Balaban J connectivity index is 1.38. The summed E-state index contributed by atoms with van der Waals surface area (Å²) in [4.78, 5) is 9.46. The fourth-order valence-corrected chi connectivity index (χ4v) is 4.29. The number of nitrogen functional groups attached to an aromatic ring is 1. The van der Waals surface area contributed by atoms with Crippen molar-refractivity contribution in [2.45, 2.75) is 45.3 Å². The van der Waals surface area contributed by atoms with Crippen LogP contribution in [0.25, 0.3) is 0 Å². The van der Waals surface area contributed by atoms with Crippen LogP contribution in [0.1, 0.15) is 32.3 Å². The van der Waals surface area contributed by atoms with E-state index in [-0.39, 0.29) is 6.04 Å². The number of benzene rings is 1. The molecule has 7 heteroatoms. The third-order valence-electron chi connectivity index (χ3n) is 5.72. The minimum absolute atomic E-state index is 0.285. The normalized spacial score (nSPS) is 21.7. The second kappa shape index (κ2) is 8.78. The van der Waals surface area contributed by atoms with Crippen molar-refractivity contribution in [2.75, 3.05) is 32.0 Å². The first-order valence-corrected chi connectivity index (χ1v) is 10.5. The summed E-state index contributed by atoms with van der Waals surface area (Å²) in [5, 5.41) is 3.12. The predicted octanol–water partition coefficient (Wildman–Crippen LogP) is 2.70. The lowest BCUT2D eigenvalue weighted by atomic mass is 10.0. The number of fused-ring (bicyclic) bond motifs is 1. The SMILES string of the molecule is CCOc1cc(CN2CCC(N3C=NC4=CNC=CC43)CC2)cc(OCC)c1N. The first-order chi connectivity index (χ1) is 14.2. The van der Waals surface area contributed by atoms with E-state index in [4.69, 9.17) is 15.2 Å². The number of ether oxygens (including phenoxy) is 2. The van der Waals surface area contributed by atoms with Crippen LogP contribution in [-0.2, 0) is 6.54 Å². The van der Waals surface area contributed by atoms with E-state index >= 15 is 0 Å². The maximum atomic E-state index is 6.20. The Morgan fingerprint density at radius 2 is 1.83 bits per heavy atom. The summed E-state index contributed by atoms with van der Waals surface area (Å²) in [6, 6.07) is 4.92. The number of nitrogens with zero attached hydrogens (tertiary/aromatic N) is 3. The lowest BCUT2D eigenvalue weighted by molar-refractivity contribution is 0.147. The molecule has 1 saturated heterocycles. The summed E-state index contributed by atoms with van der Waals surface area (Å²) < 4.78 is 11.5. The number of nitrogens with two attached hydrogens (primary N) is 1. The van der Waals surface area contributed by atoms with E-state index in [1.165, 1.54) is 5.56 Å². The van der Waals surface area contributed by atoms with E-state index < -0.39 is 0 Å². The van der Waals surface area contributed by atoms with E-state index in [1.54, 1.807) is 0 Å². The van der Waals surface area contributed by atoms with Gasteiger partial charge in [0, 0.05) is 31.9 Å². The van der Waals surface area contributed by atoms with E-state index in [1.807, 2.05) is 32.6 Å². The van der Waals surface area contributed by atoms with Crippen molar-refractivity contribution in [3.63, 3.8) is 0 Å². The fourth-order valence-electron chi connectivity index (χ4n) is 4.29. The summed E-state index contributed by atoms with van der Waals surface area (Å²) in [6.45, 7) is 8.10. The largest absolute Gasteiger partial charge is 0.492 e. The van der Waals surface area contributed by atoms with Crippen molar-refractivity contribution in [1.82, 2.24) is 15.1 Å². The Morgan fingerprint density at radius 1 is 1.14 bits per heavy atom. The number of piperidine rings is 1. The summed E-state index contributed by atoms with van der Waals surface area (Å²) in [5.74, 6) is 1.43. The molecular formula is C22H31N5O2. The van der Waals surface area contributed by atoms with Crippen LogP contribution in [0.5, 0.6) is 11.5 Å². The number of nitrogens with one attached hydrogen (secondary N) is 1. The van der Waals surface area contributed by atoms with Gasteiger partial charge in [-0.25, -0.2) is 4.99 Å². The highest BCUT2D eigenvalue weighted by molar-refractivity contribution is 5.65. The van der Waals surface area contributed by atoms with E-state index in [2.05, 4.69) is 38.3 Å². The van der Waals surface area contributed by atoms with Gasteiger partial charge in [-0.1, -0.05) is 0 Å². The van der Waals surface area contributed by atoms with Crippen LogP contribution in [0, 0.1) is 0 Å². The van der Waals surface area contributed by atoms with Crippen LogP contribution < -0.4 is 20.5 Å². The van der Waals surface area contributed by atoms with Crippen molar-refractivity contribution in [3.8, 4) is 11.5 Å². The minimum atomic E-state index is 0.285. The Kier molecular flexibility index (Phi) is 5.94. The van der Waals surface area contributed by atoms with Gasteiger partial charge in [0.1, 0.15) is 17.2 Å². The molecule has 4 rings (SSSR count). The molecule has 3 N–H and O–H groups in total. The molecule has 156 valence electrons. The first kappa shape index (κ1) is 19.6. The molecule has 0 spiro atoms. The molecule has 0 saturated carbocycles. The summed E-state index contributed by atoms with van der Waals surface area (Å²) in [5.41, 5.74) is 9.07. The maximum absolute atomic E-state index is 6.20. The van der Waals surface area contributed by atoms with Gasteiger partial charge in [-0.2, -0.15) is 0 Å². The third kappa shape index (κ3) is 4.19. The van der Waals surface area contributed by atoms with E-state index in [0.29, 0.717) is 36.4 Å². The smallest absolute Gasteiger partial charge is 0.146 e. The molecule has 3 aliphatic rings. The van der Waals surface area contributed by atoms with Crippen LogP contribution in [-0.4, -0.2) is 54.5 Å². The van der Waals surface area contributed by atoms with Gasteiger partial charge in [0.15, 0.2) is 0 Å². The number of aliphatic imine (C=N–C) groups is 1. The molecule has 29 heavy (non-hydrogen) atoms. The highest BCUT2D eigenvalue weighted by Gasteiger charge is 2.32. The summed E-state index contributed by atoms with van der Waals surface area (Å²) >= 11 is 0. The minimum Gasteiger partial charge on any atom is -0.492 e. The number of dihydropyridines is 1. The zero-order chi connectivity index (χ0) is 20.2. The molecule has 0 radical (unpaired) electrons. The van der Waals surface area contributed by atoms with E-state index in [0.717, 1.165) is 38.2 Å². The highest BCUT2D eigenvalue weighted by Crippen LogP contribution is 2.35. The van der Waals surface area contributed by atoms with Gasteiger partial charge in [-0.05, 0) is 56.7 Å². The molecule has 1 fully saturated rings. The quantitative estimate of drug-likeness (QED) is 0.689. The Bertz CT molecular complexity index is 784.